The van der Waals surface area contributed by atoms with Crippen LogP contribution in [0.5, 0.6) is 5.75 Å². The Hall–Kier alpha value is -2.66. The van der Waals surface area contributed by atoms with Gasteiger partial charge in [-0.15, -0.1) is 0 Å². The number of rotatable bonds is 6. The van der Waals surface area contributed by atoms with Gasteiger partial charge in [0.1, 0.15) is 12.4 Å². The third-order valence-corrected chi connectivity index (χ3v) is 3.53. The summed E-state index contributed by atoms with van der Waals surface area (Å²) in [5.41, 5.74) is 2.81. The van der Waals surface area contributed by atoms with Crippen LogP contribution in [-0.2, 0) is 11.2 Å². The minimum atomic E-state index is -0.152. The number of ether oxygens (including phenoxy) is 1. The molecule has 0 atom stereocenters. The van der Waals surface area contributed by atoms with Crippen LogP contribution >= 0.6 is 12.2 Å². The molecule has 2 rings (SSSR count). The van der Waals surface area contributed by atoms with Gasteiger partial charge in [0, 0.05) is 11.8 Å². The minimum Gasteiger partial charge on any atom is -0.489 e. The predicted octanol–water partition coefficient (Wildman–Crippen LogP) is 3.62. The first-order valence-electron chi connectivity index (χ1n) is 7.57. The summed E-state index contributed by atoms with van der Waals surface area (Å²) in [6.45, 7) is 6.02. The molecular weight excluding hydrogens is 320 g/mol. The number of hydrogen-bond acceptors (Lipinski definition) is 3. The Labute approximate surface area is 147 Å². The average molecular weight is 340 g/mol. The highest BCUT2D eigenvalue weighted by atomic mass is 32.1. The van der Waals surface area contributed by atoms with Gasteiger partial charge in [0.25, 0.3) is 0 Å². The Kier molecular flexibility index (Phi) is 6.51. The largest absolute Gasteiger partial charge is 0.489 e. The molecule has 0 fully saturated rings. The lowest BCUT2D eigenvalue weighted by atomic mass is 10.1. The number of benzene rings is 2. The molecule has 124 valence electrons. The van der Waals surface area contributed by atoms with E-state index in [0.717, 1.165) is 16.8 Å². The Morgan fingerprint density at radius 2 is 2.04 bits per heavy atom. The number of nitrogens with one attached hydrogen (secondary N) is 2. The van der Waals surface area contributed by atoms with Crippen molar-refractivity contribution in [3.8, 4) is 5.75 Å². The van der Waals surface area contributed by atoms with E-state index in [0.29, 0.717) is 12.4 Å². The fourth-order valence-corrected chi connectivity index (χ4v) is 2.37. The molecule has 24 heavy (non-hydrogen) atoms. The van der Waals surface area contributed by atoms with E-state index in [4.69, 9.17) is 17.0 Å². The lowest BCUT2D eigenvalue weighted by molar-refractivity contribution is -0.119. The van der Waals surface area contributed by atoms with Gasteiger partial charge in [-0.05, 0) is 42.4 Å². The number of aryl methyl sites for hydroxylation is 1. The Morgan fingerprint density at radius 3 is 2.79 bits per heavy atom. The number of anilines is 1. The van der Waals surface area contributed by atoms with Crippen LogP contribution in [0.2, 0.25) is 0 Å². The van der Waals surface area contributed by atoms with E-state index in [9.17, 15) is 4.79 Å². The molecule has 2 aromatic rings. The molecule has 0 aromatic heterocycles. The molecule has 0 aliphatic heterocycles. The molecule has 0 aliphatic rings. The van der Waals surface area contributed by atoms with Crippen LogP contribution in [0, 0.1) is 6.92 Å². The monoisotopic (exact) mass is 340 g/mol. The lowest BCUT2D eigenvalue weighted by Gasteiger charge is -2.11. The molecule has 0 spiro atoms. The van der Waals surface area contributed by atoms with Gasteiger partial charge in [0.2, 0.25) is 5.91 Å². The zero-order valence-electron chi connectivity index (χ0n) is 13.5. The van der Waals surface area contributed by atoms with Crippen molar-refractivity contribution in [3.63, 3.8) is 0 Å². The number of carbonyl (C=O) groups excluding carboxylic acids is 1. The Morgan fingerprint density at radius 1 is 1.25 bits per heavy atom. The summed E-state index contributed by atoms with van der Waals surface area (Å²) in [4.78, 5) is 12.1. The number of carbonyl (C=O) groups is 1. The van der Waals surface area contributed by atoms with Gasteiger partial charge in [-0.1, -0.05) is 43.0 Å². The van der Waals surface area contributed by atoms with Crippen molar-refractivity contribution in [2.24, 2.45) is 0 Å². The van der Waals surface area contributed by atoms with E-state index in [1.54, 1.807) is 6.08 Å². The van der Waals surface area contributed by atoms with Gasteiger partial charge in [-0.3, -0.25) is 4.79 Å². The molecule has 2 aromatic carbocycles. The molecule has 0 bridgehead atoms. The SMILES string of the molecule is C=CCOc1cccc(NC(=S)NC(=O)Cc2ccccc2C)c1. The number of amides is 1. The van der Waals surface area contributed by atoms with Crippen molar-refractivity contribution >= 4 is 28.9 Å². The maximum absolute atomic E-state index is 12.1. The second-order valence-corrected chi connectivity index (χ2v) is 5.64. The first-order chi connectivity index (χ1) is 11.6. The smallest absolute Gasteiger partial charge is 0.230 e. The minimum absolute atomic E-state index is 0.152. The predicted molar refractivity (Wildman–Crippen MR) is 101 cm³/mol. The molecule has 0 heterocycles. The lowest BCUT2D eigenvalue weighted by Crippen LogP contribution is -2.35. The highest BCUT2D eigenvalue weighted by Crippen LogP contribution is 2.17. The fourth-order valence-electron chi connectivity index (χ4n) is 2.13. The molecular formula is C19H20N2O2S. The first-order valence-corrected chi connectivity index (χ1v) is 7.98. The fraction of sp³-hybridized carbons (Fsp3) is 0.158. The molecule has 0 aliphatic carbocycles. The van der Waals surface area contributed by atoms with Gasteiger partial charge in [0.05, 0.1) is 6.42 Å². The van der Waals surface area contributed by atoms with E-state index >= 15 is 0 Å². The van der Waals surface area contributed by atoms with Gasteiger partial charge in [-0.2, -0.15) is 0 Å². The van der Waals surface area contributed by atoms with Crippen molar-refractivity contribution in [1.29, 1.82) is 0 Å². The summed E-state index contributed by atoms with van der Waals surface area (Å²) in [5.74, 6) is 0.551. The van der Waals surface area contributed by atoms with Gasteiger partial charge < -0.3 is 15.4 Å². The second kappa shape index (κ2) is 8.84. The molecule has 2 N–H and O–H groups in total. The van der Waals surface area contributed by atoms with E-state index < -0.39 is 0 Å². The van der Waals surface area contributed by atoms with Gasteiger partial charge >= 0.3 is 0 Å². The van der Waals surface area contributed by atoms with Crippen LogP contribution in [0.4, 0.5) is 5.69 Å². The average Bonchev–Trinajstić information content (AvgIpc) is 2.55. The molecule has 0 radical (unpaired) electrons. The third kappa shape index (κ3) is 5.52. The van der Waals surface area contributed by atoms with E-state index in [-0.39, 0.29) is 17.4 Å². The first kappa shape index (κ1) is 17.7. The van der Waals surface area contributed by atoms with Crippen LogP contribution < -0.4 is 15.4 Å². The highest BCUT2D eigenvalue weighted by molar-refractivity contribution is 7.80. The molecule has 1 amide bonds. The Balaban J connectivity index is 1.89. The Bertz CT molecular complexity index is 744. The summed E-state index contributed by atoms with van der Waals surface area (Å²) in [7, 11) is 0. The molecule has 0 saturated heterocycles. The van der Waals surface area contributed by atoms with Gasteiger partial charge in [0.15, 0.2) is 5.11 Å². The summed E-state index contributed by atoms with van der Waals surface area (Å²) in [5, 5.41) is 5.93. The second-order valence-electron chi connectivity index (χ2n) is 5.23. The van der Waals surface area contributed by atoms with Crippen molar-refractivity contribution in [1.82, 2.24) is 5.32 Å². The molecule has 4 nitrogen and oxygen atoms in total. The van der Waals surface area contributed by atoms with Crippen LogP contribution in [0.3, 0.4) is 0 Å². The zero-order chi connectivity index (χ0) is 17.4. The van der Waals surface area contributed by atoms with Crippen molar-refractivity contribution in [3.05, 3.63) is 72.3 Å². The summed E-state index contributed by atoms with van der Waals surface area (Å²) in [6.07, 6.45) is 1.97. The molecule has 0 unspecified atom stereocenters. The highest BCUT2D eigenvalue weighted by Gasteiger charge is 2.08. The quantitative estimate of drug-likeness (QED) is 0.623. The molecule has 5 heteroatoms. The van der Waals surface area contributed by atoms with Crippen LogP contribution in [0.25, 0.3) is 0 Å². The standard InChI is InChI=1S/C19H20N2O2S/c1-3-11-23-17-10-6-9-16(13-17)20-19(24)21-18(22)12-15-8-5-4-7-14(15)2/h3-10,13H,1,11-12H2,2H3,(H2,20,21,22,24). The van der Waals surface area contributed by atoms with Crippen molar-refractivity contribution in [2.75, 3.05) is 11.9 Å². The van der Waals surface area contributed by atoms with Crippen LogP contribution in [0.15, 0.2) is 61.2 Å². The maximum Gasteiger partial charge on any atom is 0.230 e. The van der Waals surface area contributed by atoms with Crippen LogP contribution in [0.1, 0.15) is 11.1 Å². The third-order valence-electron chi connectivity index (χ3n) is 3.32. The topological polar surface area (TPSA) is 50.4 Å². The van der Waals surface area contributed by atoms with E-state index in [1.165, 1.54) is 0 Å². The van der Waals surface area contributed by atoms with Crippen LogP contribution in [-0.4, -0.2) is 17.6 Å². The number of thiocarbonyl (C=S) groups is 1. The number of hydrogen-bond donors (Lipinski definition) is 2. The maximum atomic E-state index is 12.1. The van der Waals surface area contributed by atoms with Gasteiger partial charge in [-0.25, -0.2) is 0 Å². The van der Waals surface area contributed by atoms with E-state index in [1.807, 2.05) is 55.5 Å². The van der Waals surface area contributed by atoms with E-state index in [2.05, 4.69) is 17.2 Å². The molecule has 0 saturated carbocycles. The summed E-state index contributed by atoms with van der Waals surface area (Å²) in [6, 6.07) is 15.1. The summed E-state index contributed by atoms with van der Waals surface area (Å²) >= 11 is 5.19. The summed E-state index contributed by atoms with van der Waals surface area (Å²) < 4.78 is 5.46. The van der Waals surface area contributed by atoms with Crippen molar-refractivity contribution < 1.29 is 9.53 Å². The normalized spacial score (nSPS) is 9.88. The van der Waals surface area contributed by atoms with Crippen molar-refractivity contribution in [2.45, 2.75) is 13.3 Å². The zero-order valence-corrected chi connectivity index (χ0v) is 14.4.